The smallest absolute Gasteiger partial charge is 0.261 e. The second-order valence-corrected chi connectivity index (χ2v) is 14.1. The van der Waals surface area contributed by atoms with Crippen LogP contribution in [-0.4, -0.2) is 63.1 Å². The van der Waals surface area contributed by atoms with Gasteiger partial charge in [-0.05, 0) is 42.8 Å². The van der Waals surface area contributed by atoms with Crippen LogP contribution in [0.3, 0.4) is 0 Å². The lowest BCUT2D eigenvalue weighted by atomic mass is 10.1. The maximum atomic E-state index is 13.9. The topological polar surface area (TPSA) is 118 Å². The molecule has 1 atom stereocenters. The second-order valence-electron chi connectivity index (χ2n) is 10.1. The van der Waals surface area contributed by atoms with E-state index in [1.54, 1.807) is 24.3 Å². The van der Waals surface area contributed by atoms with Crippen LogP contribution >= 0.6 is 0 Å². The average molecular weight is 613 g/mol. The van der Waals surface area contributed by atoms with Crippen LogP contribution in [0.5, 0.6) is 0 Å². The molecule has 11 heteroatoms. The van der Waals surface area contributed by atoms with Gasteiger partial charge >= 0.3 is 0 Å². The van der Waals surface area contributed by atoms with Crippen molar-refractivity contribution in [3.63, 3.8) is 0 Å². The molecule has 3 aromatic carbocycles. The highest BCUT2D eigenvalue weighted by Gasteiger charge is 2.45. The van der Waals surface area contributed by atoms with Crippen LogP contribution in [0.4, 0.5) is 0 Å². The number of hydrogen-bond acceptors (Lipinski definition) is 7. The summed E-state index contributed by atoms with van der Waals surface area (Å²) in [6.45, 7) is 1.52. The number of unbranched alkanes of at least 4 members (excludes halogenated alkanes) is 5. The van der Waals surface area contributed by atoms with Crippen molar-refractivity contribution < 1.29 is 31.2 Å². The fraction of sp³-hybridized carbons (Fsp3) is 0.355. The predicted octanol–water partition coefficient (Wildman–Crippen LogP) is 5.11. The van der Waals surface area contributed by atoms with Gasteiger partial charge in [-0.3, -0.25) is 14.5 Å². The summed E-state index contributed by atoms with van der Waals surface area (Å²) in [6.07, 6.45) is 6.15. The van der Waals surface area contributed by atoms with E-state index in [4.69, 9.17) is 4.74 Å². The Morgan fingerprint density at radius 3 is 1.62 bits per heavy atom. The lowest BCUT2D eigenvalue weighted by Gasteiger charge is -2.31. The van der Waals surface area contributed by atoms with Gasteiger partial charge in [0, 0.05) is 6.61 Å². The summed E-state index contributed by atoms with van der Waals surface area (Å²) in [6, 6.07) is 19.5. The third-order valence-corrected chi connectivity index (χ3v) is 11.4. The van der Waals surface area contributed by atoms with Crippen molar-refractivity contribution in [2.75, 3.05) is 19.8 Å². The molecule has 0 spiro atoms. The first-order chi connectivity index (χ1) is 20.2. The van der Waals surface area contributed by atoms with Gasteiger partial charge in [0.2, 0.25) is 0 Å². The van der Waals surface area contributed by atoms with E-state index in [1.807, 2.05) is 0 Å². The molecule has 224 valence electrons. The minimum Gasteiger partial charge on any atom is -0.379 e. The van der Waals surface area contributed by atoms with E-state index < -0.39 is 44.4 Å². The van der Waals surface area contributed by atoms with Gasteiger partial charge < -0.3 is 4.74 Å². The van der Waals surface area contributed by atoms with Crippen LogP contribution in [-0.2, 0) is 24.8 Å². The number of imide groups is 1. The molecule has 3 aromatic rings. The lowest BCUT2D eigenvalue weighted by Crippen LogP contribution is -2.52. The minimum atomic E-state index is -4.64. The molecule has 0 aromatic heterocycles. The Morgan fingerprint density at radius 1 is 0.667 bits per heavy atom. The largest absolute Gasteiger partial charge is 0.379 e. The van der Waals surface area contributed by atoms with Crippen molar-refractivity contribution in [3.8, 4) is 0 Å². The van der Waals surface area contributed by atoms with Crippen LogP contribution in [0.2, 0.25) is 0 Å². The van der Waals surface area contributed by atoms with E-state index >= 15 is 0 Å². The zero-order chi connectivity index (χ0) is 30.2. The van der Waals surface area contributed by atoms with Gasteiger partial charge in [0.1, 0.15) is 0 Å². The molecule has 0 aliphatic carbocycles. The van der Waals surface area contributed by atoms with Gasteiger partial charge in [0.25, 0.3) is 31.9 Å². The zero-order valence-corrected chi connectivity index (χ0v) is 25.2. The van der Waals surface area contributed by atoms with Gasteiger partial charge in [-0.15, -0.1) is 0 Å². The van der Waals surface area contributed by atoms with E-state index in [9.17, 15) is 26.4 Å². The Hall–Kier alpha value is -3.38. The van der Waals surface area contributed by atoms with Gasteiger partial charge in [-0.25, -0.2) is 16.8 Å². The minimum absolute atomic E-state index is 0.173. The van der Waals surface area contributed by atoms with E-state index in [1.165, 1.54) is 60.7 Å². The maximum Gasteiger partial charge on any atom is 0.261 e. The first-order valence-electron chi connectivity index (χ1n) is 14.1. The summed E-state index contributed by atoms with van der Waals surface area (Å²) in [5.74, 6) is -1.25. The summed E-state index contributed by atoms with van der Waals surface area (Å²) in [5.41, 5.74) is 0.346. The number of fused-ring (bicyclic) bond motifs is 1. The number of carbonyl (C=O) groups is 2. The molecule has 0 fully saturated rings. The molecule has 1 heterocycles. The molecule has 1 unspecified atom stereocenters. The summed E-state index contributed by atoms with van der Waals surface area (Å²) in [7, 11) is -9.28. The molecule has 1 aliphatic rings. The van der Waals surface area contributed by atoms with Crippen molar-refractivity contribution in [2.24, 2.45) is 0 Å². The van der Waals surface area contributed by atoms with Gasteiger partial charge in [-0.2, -0.15) is 0 Å². The number of benzene rings is 3. The first kappa shape index (κ1) is 31.6. The number of carbonyl (C=O) groups excluding carboxylic acids is 2. The Bertz CT molecular complexity index is 1470. The average Bonchev–Trinajstić information content (AvgIpc) is 3.26. The Kier molecular flexibility index (Phi) is 10.7. The quantitative estimate of drug-likeness (QED) is 0.163. The van der Waals surface area contributed by atoms with Gasteiger partial charge in [0.15, 0.2) is 0 Å². The number of rotatable bonds is 16. The highest BCUT2D eigenvalue weighted by Crippen LogP contribution is 2.29. The van der Waals surface area contributed by atoms with E-state index in [0.717, 1.165) is 43.4 Å². The zero-order valence-electron chi connectivity index (χ0n) is 23.6. The molecule has 4 rings (SSSR count). The fourth-order valence-electron chi connectivity index (χ4n) is 4.87. The fourth-order valence-corrected chi connectivity index (χ4v) is 8.63. The third-order valence-electron chi connectivity index (χ3n) is 7.12. The highest BCUT2D eigenvalue weighted by molar-refractivity contribution is 8.04. The second kappa shape index (κ2) is 14.2. The molecule has 0 saturated heterocycles. The SMILES string of the molecule is CCCCCCCCOCC(CN(S(=O)(=O)c1ccccc1)S(=O)(=O)c1ccccc1)N1C(=O)c2ccccc2C1=O. The van der Waals surface area contributed by atoms with Gasteiger partial charge in [0.05, 0.1) is 40.1 Å². The molecular weight excluding hydrogens is 576 g/mol. The van der Waals surface area contributed by atoms with E-state index in [2.05, 4.69) is 6.92 Å². The van der Waals surface area contributed by atoms with Crippen molar-refractivity contribution in [2.45, 2.75) is 61.3 Å². The first-order valence-corrected chi connectivity index (χ1v) is 17.0. The summed E-state index contributed by atoms with van der Waals surface area (Å²) in [4.78, 5) is 27.3. The molecule has 42 heavy (non-hydrogen) atoms. The molecule has 0 bridgehead atoms. The number of sulfonamides is 2. The van der Waals surface area contributed by atoms with Crippen LogP contribution in [0.25, 0.3) is 0 Å². The number of ether oxygens (including phenoxy) is 1. The van der Waals surface area contributed by atoms with Crippen molar-refractivity contribution in [3.05, 3.63) is 96.1 Å². The summed E-state index contributed by atoms with van der Waals surface area (Å²) < 4.78 is 61.9. The summed E-state index contributed by atoms with van der Waals surface area (Å²) in [5, 5.41) is 0. The van der Waals surface area contributed by atoms with Crippen molar-refractivity contribution in [1.29, 1.82) is 0 Å². The van der Waals surface area contributed by atoms with Crippen LogP contribution < -0.4 is 0 Å². The Balaban J connectivity index is 1.68. The number of amides is 2. The van der Waals surface area contributed by atoms with E-state index in [-0.39, 0.29) is 27.5 Å². The standard InChI is InChI=1S/C31H36N2O7S2/c1-2-3-4-5-6-15-22-40-24-25(33-30(34)28-20-13-14-21-29(28)31(33)35)23-32(41(36,37)26-16-9-7-10-17-26)42(38,39)27-18-11-8-12-19-27/h7-14,16-21,25H,2-6,15,22-24H2,1H3. The highest BCUT2D eigenvalue weighted by atomic mass is 32.3. The Morgan fingerprint density at radius 2 is 1.12 bits per heavy atom. The lowest BCUT2D eigenvalue weighted by molar-refractivity contribution is 0.0376. The van der Waals surface area contributed by atoms with Crippen LogP contribution in [0.15, 0.2) is 94.7 Å². The van der Waals surface area contributed by atoms with Gasteiger partial charge in [-0.1, -0.05) is 91.3 Å². The molecule has 0 saturated carbocycles. The normalized spacial score (nSPS) is 14.4. The molecule has 9 nitrogen and oxygen atoms in total. The maximum absolute atomic E-state index is 13.9. The van der Waals surface area contributed by atoms with Crippen molar-refractivity contribution >= 4 is 31.9 Å². The van der Waals surface area contributed by atoms with E-state index in [0.29, 0.717) is 10.3 Å². The van der Waals surface area contributed by atoms with Crippen molar-refractivity contribution in [1.82, 2.24) is 8.61 Å². The number of hydrogen-bond donors (Lipinski definition) is 0. The number of nitrogens with zero attached hydrogens (tertiary/aromatic N) is 2. The third kappa shape index (κ3) is 6.97. The summed E-state index contributed by atoms with van der Waals surface area (Å²) >= 11 is 0. The molecule has 1 aliphatic heterocycles. The molecule has 0 radical (unpaired) electrons. The van der Waals surface area contributed by atoms with Crippen LogP contribution in [0, 0.1) is 0 Å². The monoisotopic (exact) mass is 612 g/mol. The molecular formula is C31H36N2O7S2. The molecule has 2 amide bonds. The Labute approximate surface area is 248 Å². The predicted molar refractivity (Wildman–Crippen MR) is 159 cm³/mol. The van der Waals surface area contributed by atoms with Crippen LogP contribution in [0.1, 0.15) is 66.2 Å². The molecule has 0 N–H and O–H groups in total.